The molecule has 16 heavy (non-hydrogen) atoms. The third kappa shape index (κ3) is 2.89. The second-order valence-electron chi connectivity index (χ2n) is 3.49. The van der Waals surface area contributed by atoms with E-state index in [2.05, 4.69) is 43.2 Å². The van der Waals surface area contributed by atoms with E-state index in [1.807, 2.05) is 6.92 Å². The van der Waals surface area contributed by atoms with Gasteiger partial charge in [-0.3, -0.25) is 11.3 Å². The molecule has 2 heterocycles. The molecule has 0 bridgehead atoms. The second-order valence-corrected chi connectivity index (χ2v) is 6.72. The first-order valence-electron chi connectivity index (χ1n) is 4.80. The number of hydrogen-bond donors (Lipinski definition) is 2. The summed E-state index contributed by atoms with van der Waals surface area (Å²) in [5, 5.41) is 5.28. The maximum absolute atomic E-state index is 5.58. The molecule has 0 spiro atoms. The predicted octanol–water partition coefficient (Wildman–Crippen LogP) is 3.02. The molecule has 0 aliphatic heterocycles. The first-order chi connectivity index (χ1) is 7.69. The molecule has 0 saturated heterocycles. The Morgan fingerprint density at radius 3 is 2.81 bits per heavy atom. The first kappa shape index (κ1) is 12.2. The van der Waals surface area contributed by atoms with Crippen molar-refractivity contribution in [2.24, 2.45) is 5.84 Å². The molecule has 0 amide bonds. The van der Waals surface area contributed by atoms with Crippen LogP contribution in [-0.2, 0) is 6.42 Å². The minimum Gasteiger partial charge on any atom is -0.271 e. The van der Waals surface area contributed by atoms with Crippen molar-refractivity contribution in [2.75, 3.05) is 0 Å². The van der Waals surface area contributed by atoms with E-state index in [0.29, 0.717) is 0 Å². The fraction of sp³-hybridized carbons (Fsp3) is 0.300. The summed E-state index contributed by atoms with van der Waals surface area (Å²) >= 11 is 6.80. The Hall–Kier alpha value is -0.270. The van der Waals surface area contributed by atoms with Crippen molar-refractivity contribution < 1.29 is 0 Å². The quantitative estimate of drug-likeness (QED) is 0.673. The summed E-state index contributed by atoms with van der Waals surface area (Å²) in [6, 6.07) is 2.23. The van der Waals surface area contributed by atoms with Gasteiger partial charge in [-0.1, -0.05) is 0 Å². The summed E-state index contributed by atoms with van der Waals surface area (Å²) in [6.45, 7) is 2.01. The van der Waals surface area contributed by atoms with Crippen molar-refractivity contribution in [1.82, 2.24) is 10.4 Å². The number of aromatic nitrogens is 1. The Bertz CT molecular complexity index is 466. The first-order valence-corrected chi connectivity index (χ1v) is 7.35. The van der Waals surface area contributed by atoms with E-state index in [1.54, 1.807) is 22.7 Å². The summed E-state index contributed by atoms with van der Waals surface area (Å²) in [5.41, 5.74) is 5.11. The van der Waals surface area contributed by atoms with E-state index in [-0.39, 0.29) is 6.04 Å². The van der Waals surface area contributed by atoms with Gasteiger partial charge in [-0.2, -0.15) is 0 Å². The Morgan fingerprint density at radius 1 is 1.50 bits per heavy atom. The number of halogens is 1. The highest BCUT2D eigenvalue weighted by molar-refractivity contribution is 9.11. The predicted molar refractivity (Wildman–Crippen MR) is 72.6 cm³/mol. The summed E-state index contributed by atoms with van der Waals surface area (Å²) in [4.78, 5) is 4.45. The average molecular weight is 318 g/mol. The molecule has 6 heteroatoms. The zero-order valence-electron chi connectivity index (χ0n) is 8.74. The van der Waals surface area contributed by atoms with E-state index >= 15 is 0 Å². The van der Waals surface area contributed by atoms with Gasteiger partial charge in [-0.15, -0.1) is 22.7 Å². The normalized spacial score (nSPS) is 12.9. The van der Waals surface area contributed by atoms with Crippen LogP contribution >= 0.6 is 38.6 Å². The zero-order chi connectivity index (χ0) is 11.5. The van der Waals surface area contributed by atoms with Crippen molar-refractivity contribution in [2.45, 2.75) is 19.4 Å². The van der Waals surface area contributed by atoms with Crippen LogP contribution in [0.1, 0.15) is 22.3 Å². The highest BCUT2D eigenvalue weighted by atomic mass is 79.9. The van der Waals surface area contributed by atoms with Crippen molar-refractivity contribution in [3.63, 3.8) is 0 Å². The fourth-order valence-electron chi connectivity index (χ4n) is 1.45. The van der Waals surface area contributed by atoms with Crippen molar-refractivity contribution >= 4 is 38.6 Å². The third-order valence-corrected chi connectivity index (χ3v) is 4.75. The van der Waals surface area contributed by atoms with Gasteiger partial charge in [-0.25, -0.2) is 4.98 Å². The topological polar surface area (TPSA) is 50.9 Å². The lowest BCUT2D eigenvalue weighted by Crippen LogP contribution is -2.29. The second kappa shape index (κ2) is 5.37. The van der Waals surface area contributed by atoms with Crippen LogP contribution < -0.4 is 11.3 Å². The maximum Gasteiger partial charge on any atom is 0.0947 e. The molecule has 2 rings (SSSR count). The van der Waals surface area contributed by atoms with Gasteiger partial charge in [0.2, 0.25) is 0 Å². The summed E-state index contributed by atoms with van der Waals surface area (Å²) in [5.74, 6) is 5.58. The van der Waals surface area contributed by atoms with Crippen molar-refractivity contribution in [1.29, 1.82) is 0 Å². The monoisotopic (exact) mass is 317 g/mol. The Balaban J connectivity index is 2.12. The smallest absolute Gasteiger partial charge is 0.0947 e. The highest BCUT2D eigenvalue weighted by Crippen LogP contribution is 2.27. The molecule has 1 unspecified atom stereocenters. The van der Waals surface area contributed by atoms with Gasteiger partial charge in [0.05, 0.1) is 14.8 Å². The van der Waals surface area contributed by atoms with Gasteiger partial charge in [0.15, 0.2) is 0 Å². The standard InChI is InChI=1S/C10H12BrN3S2/c1-6-4-16-10(13-6)3-8(14-12)7-2-9(11)15-5-7/h2,4-5,8,14H,3,12H2,1H3. The maximum atomic E-state index is 5.58. The molecule has 1 atom stereocenters. The van der Waals surface area contributed by atoms with Crippen LogP contribution in [0.15, 0.2) is 20.6 Å². The number of thiophene rings is 1. The highest BCUT2D eigenvalue weighted by Gasteiger charge is 2.14. The van der Waals surface area contributed by atoms with Gasteiger partial charge in [0.25, 0.3) is 0 Å². The summed E-state index contributed by atoms with van der Waals surface area (Å²) < 4.78 is 1.12. The van der Waals surface area contributed by atoms with E-state index in [1.165, 1.54) is 5.56 Å². The number of nitrogens with two attached hydrogens (primary N) is 1. The largest absolute Gasteiger partial charge is 0.271 e. The molecule has 0 aliphatic rings. The van der Waals surface area contributed by atoms with Crippen LogP contribution in [0, 0.1) is 6.92 Å². The van der Waals surface area contributed by atoms with Crippen LogP contribution in [-0.4, -0.2) is 4.98 Å². The van der Waals surface area contributed by atoms with Crippen molar-refractivity contribution in [3.05, 3.63) is 36.9 Å². The van der Waals surface area contributed by atoms with Gasteiger partial charge in [0, 0.05) is 17.5 Å². The molecule has 0 saturated carbocycles. The minimum atomic E-state index is 0.132. The molecular weight excluding hydrogens is 306 g/mol. The Kier molecular flexibility index (Phi) is 4.10. The zero-order valence-corrected chi connectivity index (χ0v) is 12.0. The van der Waals surface area contributed by atoms with Gasteiger partial charge in [-0.05, 0) is 39.9 Å². The van der Waals surface area contributed by atoms with Crippen LogP contribution in [0.25, 0.3) is 0 Å². The van der Waals surface area contributed by atoms with Crippen LogP contribution in [0.3, 0.4) is 0 Å². The molecule has 86 valence electrons. The van der Waals surface area contributed by atoms with E-state index < -0.39 is 0 Å². The summed E-state index contributed by atoms with van der Waals surface area (Å²) in [6.07, 6.45) is 0.832. The third-order valence-electron chi connectivity index (χ3n) is 2.24. The molecule has 3 nitrogen and oxygen atoms in total. The fourth-order valence-corrected chi connectivity index (χ4v) is 3.50. The van der Waals surface area contributed by atoms with Gasteiger partial charge in [0.1, 0.15) is 0 Å². The number of nitrogens with zero attached hydrogens (tertiary/aromatic N) is 1. The number of hydrogen-bond acceptors (Lipinski definition) is 5. The molecule has 0 radical (unpaired) electrons. The van der Waals surface area contributed by atoms with E-state index in [9.17, 15) is 0 Å². The lowest BCUT2D eigenvalue weighted by atomic mass is 10.1. The lowest BCUT2D eigenvalue weighted by molar-refractivity contribution is 0.552. The van der Waals surface area contributed by atoms with E-state index in [0.717, 1.165) is 20.9 Å². The minimum absolute atomic E-state index is 0.132. The number of nitrogens with one attached hydrogen (secondary N) is 1. The summed E-state index contributed by atoms with van der Waals surface area (Å²) in [7, 11) is 0. The Labute approximate surface area is 111 Å². The van der Waals surface area contributed by atoms with Crippen LogP contribution in [0.5, 0.6) is 0 Å². The van der Waals surface area contributed by atoms with Crippen molar-refractivity contribution in [3.8, 4) is 0 Å². The molecular formula is C10H12BrN3S2. The van der Waals surface area contributed by atoms with Gasteiger partial charge >= 0.3 is 0 Å². The molecule has 2 aromatic heterocycles. The average Bonchev–Trinajstić information content (AvgIpc) is 2.84. The molecule has 0 fully saturated rings. The number of aryl methyl sites for hydroxylation is 1. The number of hydrazine groups is 1. The van der Waals surface area contributed by atoms with Gasteiger partial charge < -0.3 is 0 Å². The molecule has 0 aliphatic carbocycles. The van der Waals surface area contributed by atoms with Crippen LogP contribution in [0.4, 0.5) is 0 Å². The molecule has 2 aromatic rings. The van der Waals surface area contributed by atoms with E-state index in [4.69, 9.17) is 5.84 Å². The number of rotatable bonds is 4. The molecule has 0 aromatic carbocycles. The van der Waals surface area contributed by atoms with Crippen LogP contribution in [0.2, 0.25) is 0 Å². The molecule has 3 N–H and O–H groups in total. The lowest BCUT2D eigenvalue weighted by Gasteiger charge is -2.12. The SMILES string of the molecule is Cc1csc(CC(NN)c2csc(Br)c2)n1. The Morgan fingerprint density at radius 2 is 2.31 bits per heavy atom. The number of thiazole rings is 1.